The molecule has 0 fully saturated rings. The van der Waals surface area contributed by atoms with Gasteiger partial charge in [0.05, 0.1) is 23.2 Å². The molecule has 0 radical (unpaired) electrons. The summed E-state index contributed by atoms with van der Waals surface area (Å²) in [6, 6.07) is 1.31. The molecular formula is C11H13N3O4S. The van der Waals surface area contributed by atoms with Gasteiger partial charge in [-0.2, -0.15) is 11.8 Å². The SMILES string of the molecule is NC(=O)CSCCC(=O)Nc1cnccc1C(=O)O. The Morgan fingerprint density at radius 3 is 2.79 bits per heavy atom. The topological polar surface area (TPSA) is 122 Å². The zero-order chi connectivity index (χ0) is 14.3. The summed E-state index contributed by atoms with van der Waals surface area (Å²) >= 11 is 1.24. The molecule has 0 aliphatic heterocycles. The maximum Gasteiger partial charge on any atom is 0.337 e. The highest BCUT2D eigenvalue weighted by atomic mass is 32.2. The number of aromatic carboxylic acids is 1. The van der Waals surface area contributed by atoms with Crippen molar-refractivity contribution in [3.05, 3.63) is 24.0 Å². The molecule has 0 saturated carbocycles. The molecule has 1 aromatic heterocycles. The minimum atomic E-state index is -1.14. The van der Waals surface area contributed by atoms with Gasteiger partial charge >= 0.3 is 5.97 Å². The van der Waals surface area contributed by atoms with Crippen molar-refractivity contribution in [2.24, 2.45) is 5.73 Å². The lowest BCUT2D eigenvalue weighted by molar-refractivity contribution is -0.116. The Kier molecular flexibility index (Phi) is 5.80. The Bertz CT molecular complexity index is 493. The minimum Gasteiger partial charge on any atom is -0.478 e. The minimum absolute atomic E-state index is 0.0202. The number of rotatable bonds is 7. The van der Waals surface area contributed by atoms with Gasteiger partial charge in [0.1, 0.15) is 0 Å². The first kappa shape index (κ1) is 15.0. The molecule has 0 aliphatic rings. The zero-order valence-corrected chi connectivity index (χ0v) is 10.8. The van der Waals surface area contributed by atoms with Gasteiger partial charge in [-0.3, -0.25) is 14.6 Å². The summed E-state index contributed by atoms with van der Waals surface area (Å²) in [5.74, 6) is -1.34. The van der Waals surface area contributed by atoms with Gasteiger partial charge in [-0.1, -0.05) is 0 Å². The summed E-state index contributed by atoms with van der Waals surface area (Å²) < 4.78 is 0. The molecule has 1 rings (SSSR count). The Hall–Kier alpha value is -2.09. The normalized spacial score (nSPS) is 9.89. The number of aromatic nitrogens is 1. The number of carboxylic acid groups (broad SMARTS) is 1. The predicted molar refractivity (Wildman–Crippen MR) is 71.0 cm³/mol. The first-order valence-electron chi connectivity index (χ1n) is 5.34. The van der Waals surface area contributed by atoms with Crippen LogP contribution in [0.3, 0.4) is 0 Å². The first-order valence-corrected chi connectivity index (χ1v) is 6.49. The van der Waals surface area contributed by atoms with E-state index in [9.17, 15) is 14.4 Å². The van der Waals surface area contributed by atoms with Gasteiger partial charge < -0.3 is 16.2 Å². The molecule has 0 atom stereocenters. The highest BCUT2D eigenvalue weighted by molar-refractivity contribution is 7.99. The second kappa shape index (κ2) is 7.37. The van der Waals surface area contributed by atoms with E-state index in [2.05, 4.69) is 10.3 Å². The summed E-state index contributed by atoms with van der Waals surface area (Å²) in [6.45, 7) is 0. The summed E-state index contributed by atoms with van der Waals surface area (Å²) in [7, 11) is 0. The number of nitrogens with zero attached hydrogens (tertiary/aromatic N) is 1. The zero-order valence-electron chi connectivity index (χ0n) is 9.96. The third kappa shape index (κ3) is 5.38. The van der Waals surface area contributed by atoms with E-state index in [1.54, 1.807) is 0 Å². The van der Waals surface area contributed by atoms with Gasteiger partial charge in [-0.15, -0.1) is 0 Å². The van der Waals surface area contributed by atoms with Crippen molar-refractivity contribution >= 4 is 35.2 Å². The van der Waals surface area contributed by atoms with E-state index >= 15 is 0 Å². The van der Waals surface area contributed by atoms with Crippen LogP contribution in [-0.2, 0) is 9.59 Å². The molecule has 8 heteroatoms. The Labute approximate surface area is 113 Å². The number of anilines is 1. The number of carbonyl (C=O) groups is 3. The van der Waals surface area contributed by atoms with Crippen molar-refractivity contribution in [1.29, 1.82) is 0 Å². The molecular weight excluding hydrogens is 270 g/mol. The van der Waals surface area contributed by atoms with Crippen LogP contribution in [-0.4, -0.2) is 39.4 Å². The number of nitrogens with two attached hydrogens (primary N) is 1. The maximum absolute atomic E-state index is 11.6. The summed E-state index contributed by atoms with van der Waals surface area (Å²) in [4.78, 5) is 36.7. The number of hydrogen-bond acceptors (Lipinski definition) is 5. The lowest BCUT2D eigenvalue weighted by Crippen LogP contribution is -2.17. The van der Waals surface area contributed by atoms with Crippen LogP contribution in [0.25, 0.3) is 0 Å². The fraction of sp³-hybridized carbons (Fsp3) is 0.273. The molecule has 0 saturated heterocycles. The van der Waals surface area contributed by atoms with E-state index < -0.39 is 11.9 Å². The molecule has 0 aromatic carbocycles. The van der Waals surface area contributed by atoms with E-state index in [1.807, 2.05) is 0 Å². The smallest absolute Gasteiger partial charge is 0.337 e. The van der Waals surface area contributed by atoms with Gasteiger partial charge in [0.15, 0.2) is 0 Å². The van der Waals surface area contributed by atoms with Crippen LogP contribution in [0, 0.1) is 0 Å². The average molecular weight is 283 g/mol. The van der Waals surface area contributed by atoms with E-state index in [1.165, 1.54) is 30.2 Å². The van der Waals surface area contributed by atoms with Crippen molar-refractivity contribution in [3.8, 4) is 0 Å². The van der Waals surface area contributed by atoms with Gasteiger partial charge in [-0.05, 0) is 6.07 Å². The fourth-order valence-electron chi connectivity index (χ4n) is 1.23. The van der Waals surface area contributed by atoms with Gasteiger partial charge in [0.25, 0.3) is 0 Å². The fourth-order valence-corrected chi connectivity index (χ4v) is 1.91. The van der Waals surface area contributed by atoms with Crippen LogP contribution in [0.15, 0.2) is 18.5 Å². The van der Waals surface area contributed by atoms with Crippen LogP contribution >= 0.6 is 11.8 Å². The highest BCUT2D eigenvalue weighted by Crippen LogP contribution is 2.14. The third-order valence-corrected chi connectivity index (χ3v) is 3.02. The number of hydrogen-bond donors (Lipinski definition) is 3. The van der Waals surface area contributed by atoms with Crippen molar-refractivity contribution in [1.82, 2.24) is 4.98 Å². The van der Waals surface area contributed by atoms with Crippen LogP contribution in [0.5, 0.6) is 0 Å². The van der Waals surface area contributed by atoms with Crippen LogP contribution in [0.2, 0.25) is 0 Å². The molecule has 19 heavy (non-hydrogen) atoms. The molecule has 102 valence electrons. The Balaban J connectivity index is 2.48. The monoisotopic (exact) mass is 283 g/mol. The van der Waals surface area contributed by atoms with Crippen molar-refractivity contribution < 1.29 is 19.5 Å². The largest absolute Gasteiger partial charge is 0.478 e. The number of primary amides is 1. The lowest BCUT2D eigenvalue weighted by atomic mass is 10.2. The molecule has 0 spiro atoms. The maximum atomic E-state index is 11.6. The predicted octanol–water partition coefficient (Wildman–Crippen LogP) is 0.327. The summed E-state index contributed by atoms with van der Waals surface area (Å²) in [6.07, 6.45) is 2.77. The molecule has 1 heterocycles. The van der Waals surface area contributed by atoms with Crippen molar-refractivity contribution in [2.75, 3.05) is 16.8 Å². The molecule has 0 unspecified atom stereocenters. The average Bonchev–Trinajstić information content (AvgIpc) is 2.35. The van der Waals surface area contributed by atoms with Crippen LogP contribution in [0.4, 0.5) is 5.69 Å². The molecule has 7 nitrogen and oxygen atoms in total. The third-order valence-electron chi connectivity index (χ3n) is 2.04. The van der Waals surface area contributed by atoms with Gasteiger partial charge in [-0.25, -0.2) is 4.79 Å². The molecule has 0 aliphatic carbocycles. The number of carboxylic acids is 1. The quantitative estimate of drug-likeness (QED) is 0.620. The number of pyridine rings is 1. The number of thioether (sulfide) groups is 1. The Morgan fingerprint density at radius 2 is 2.16 bits per heavy atom. The standard InChI is InChI=1S/C11H13N3O4S/c12-9(15)6-19-4-2-10(16)14-8-5-13-3-1-7(8)11(17)18/h1,3,5H,2,4,6H2,(H2,12,15)(H,14,16)(H,17,18). The van der Waals surface area contributed by atoms with Gasteiger partial charge in [0.2, 0.25) is 11.8 Å². The van der Waals surface area contributed by atoms with E-state index in [0.717, 1.165) is 0 Å². The summed E-state index contributed by atoms with van der Waals surface area (Å²) in [5, 5.41) is 11.4. The number of nitrogens with one attached hydrogen (secondary N) is 1. The second-order valence-corrected chi connectivity index (χ2v) is 4.65. The second-order valence-electron chi connectivity index (χ2n) is 3.54. The van der Waals surface area contributed by atoms with Crippen molar-refractivity contribution in [2.45, 2.75) is 6.42 Å². The number of carbonyl (C=O) groups excluding carboxylic acids is 2. The number of amides is 2. The molecule has 0 bridgehead atoms. The molecule has 1 aromatic rings. The first-order chi connectivity index (χ1) is 9.00. The van der Waals surface area contributed by atoms with Crippen LogP contribution < -0.4 is 11.1 Å². The van der Waals surface area contributed by atoms with Gasteiger partial charge in [0, 0.05) is 18.4 Å². The molecule has 4 N–H and O–H groups in total. The van der Waals surface area contributed by atoms with E-state index in [4.69, 9.17) is 10.8 Å². The van der Waals surface area contributed by atoms with E-state index in [-0.39, 0.29) is 29.3 Å². The van der Waals surface area contributed by atoms with E-state index in [0.29, 0.717) is 5.75 Å². The lowest BCUT2D eigenvalue weighted by Gasteiger charge is -2.07. The molecule has 2 amide bonds. The summed E-state index contributed by atoms with van der Waals surface area (Å²) in [5.41, 5.74) is 5.08. The van der Waals surface area contributed by atoms with Crippen molar-refractivity contribution in [3.63, 3.8) is 0 Å². The highest BCUT2D eigenvalue weighted by Gasteiger charge is 2.12. The van der Waals surface area contributed by atoms with Crippen LogP contribution in [0.1, 0.15) is 16.8 Å². The Morgan fingerprint density at radius 1 is 1.42 bits per heavy atom.